The Bertz CT molecular complexity index is 927. The van der Waals surface area contributed by atoms with Crippen molar-refractivity contribution in [3.63, 3.8) is 0 Å². The van der Waals surface area contributed by atoms with Gasteiger partial charge in [-0.1, -0.05) is 30.3 Å². The zero-order chi connectivity index (χ0) is 19.9. The molecule has 0 spiro atoms. The van der Waals surface area contributed by atoms with Crippen LogP contribution in [0.3, 0.4) is 0 Å². The van der Waals surface area contributed by atoms with E-state index in [0.717, 1.165) is 0 Å². The molecule has 0 radical (unpaired) electrons. The molecule has 144 valence electrons. The number of morpholine rings is 1. The van der Waals surface area contributed by atoms with Crippen LogP contribution in [0, 0.1) is 0 Å². The fraction of sp³-hybridized carbons (Fsp3) is 0.250. The zero-order valence-corrected chi connectivity index (χ0v) is 14.9. The van der Waals surface area contributed by atoms with Gasteiger partial charge < -0.3 is 24.2 Å². The zero-order valence-electron chi connectivity index (χ0n) is 14.9. The number of amides is 1. The smallest absolute Gasteiger partial charge is 0.337 e. The van der Waals surface area contributed by atoms with Crippen molar-refractivity contribution >= 4 is 23.5 Å². The summed E-state index contributed by atoms with van der Waals surface area (Å²) in [5.74, 6) is -3.65. The number of esters is 1. The van der Waals surface area contributed by atoms with Gasteiger partial charge in [-0.25, -0.2) is 9.59 Å². The van der Waals surface area contributed by atoms with Gasteiger partial charge in [0, 0.05) is 11.3 Å². The Kier molecular flexibility index (Phi) is 4.37. The molecule has 2 saturated heterocycles. The van der Waals surface area contributed by atoms with Crippen LogP contribution in [-0.2, 0) is 29.6 Å². The van der Waals surface area contributed by atoms with Crippen molar-refractivity contribution in [1.82, 2.24) is 0 Å². The topological polar surface area (TPSA) is 102 Å². The molecule has 8 heteroatoms. The highest BCUT2D eigenvalue weighted by Gasteiger charge is 2.60. The molecule has 1 N–H and O–H groups in total. The van der Waals surface area contributed by atoms with Crippen LogP contribution in [0.25, 0.3) is 0 Å². The van der Waals surface area contributed by atoms with Gasteiger partial charge >= 0.3 is 11.9 Å². The highest BCUT2D eigenvalue weighted by atomic mass is 16.8. The summed E-state index contributed by atoms with van der Waals surface area (Å²) in [5, 5.41) is 9.49. The number of anilines is 1. The third kappa shape index (κ3) is 2.83. The molecule has 4 rings (SSSR count). The summed E-state index contributed by atoms with van der Waals surface area (Å²) in [4.78, 5) is 37.6. The fourth-order valence-electron chi connectivity index (χ4n) is 3.47. The van der Waals surface area contributed by atoms with E-state index in [9.17, 15) is 19.5 Å². The number of hydrogen-bond acceptors (Lipinski definition) is 6. The van der Waals surface area contributed by atoms with Crippen molar-refractivity contribution in [2.75, 3.05) is 18.6 Å². The van der Waals surface area contributed by atoms with Gasteiger partial charge in [0.15, 0.2) is 12.2 Å². The van der Waals surface area contributed by atoms with E-state index >= 15 is 0 Å². The van der Waals surface area contributed by atoms with Crippen LogP contribution in [0.15, 0.2) is 54.6 Å². The second-order valence-corrected chi connectivity index (χ2v) is 6.50. The van der Waals surface area contributed by atoms with Crippen LogP contribution >= 0.6 is 0 Å². The van der Waals surface area contributed by atoms with Crippen LogP contribution in [0.5, 0.6) is 0 Å². The molecule has 2 aliphatic heterocycles. The Morgan fingerprint density at radius 2 is 1.79 bits per heavy atom. The molecule has 0 aliphatic carbocycles. The van der Waals surface area contributed by atoms with Crippen molar-refractivity contribution in [1.29, 1.82) is 0 Å². The van der Waals surface area contributed by atoms with Crippen molar-refractivity contribution in [2.24, 2.45) is 0 Å². The number of fused-ring (bicyclic) bond motifs is 2. The molecular weight excluding hydrogens is 366 g/mol. The van der Waals surface area contributed by atoms with Gasteiger partial charge in [-0.3, -0.25) is 4.79 Å². The summed E-state index contributed by atoms with van der Waals surface area (Å²) in [7, 11) is 1.28. The molecule has 2 heterocycles. The number of nitrogens with zero attached hydrogens (tertiary/aromatic N) is 1. The second kappa shape index (κ2) is 6.74. The number of carboxylic acid groups (broad SMARTS) is 1. The molecule has 3 atom stereocenters. The molecule has 8 nitrogen and oxygen atoms in total. The SMILES string of the molecule is COC(=O)c1ccc(N2CC3(c4ccccc4)OC(C(=O)O)C(O3)C2=O)cc1. The summed E-state index contributed by atoms with van der Waals surface area (Å²) in [6.45, 7) is -0.0201. The lowest BCUT2D eigenvalue weighted by atomic mass is 10.0. The number of methoxy groups -OCH3 is 1. The third-order valence-corrected chi connectivity index (χ3v) is 4.84. The van der Waals surface area contributed by atoms with E-state index in [0.29, 0.717) is 16.8 Å². The fourth-order valence-corrected chi connectivity index (χ4v) is 3.47. The highest BCUT2D eigenvalue weighted by Crippen LogP contribution is 2.44. The van der Waals surface area contributed by atoms with E-state index < -0.39 is 35.8 Å². The van der Waals surface area contributed by atoms with Crippen LogP contribution in [0.2, 0.25) is 0 Å². The highest BCUT2D eigenvalue weighted by molar-refractivity contribution is 6.01. The molecule has 0 saturated carbocycles. The summed E-state index contributed by atoms with van der Waals surface area (Å²) in [5.41, 5.74) is 1.46. The molecular formula is C20H17NO7. The first kappa shape index (κ1) is 18.1. The maximum atomic E-state index is 12.9. The van der Waals surface area contributed by atoms with E-state index in [1.807, 2.05) is 6.07 Å². The molecule has 2 aliphatic rings. The first-order valence-corrected chi connectivity index (χ1v) is 8.59. The first-order chi connectivity index (χ1) is 13.4. The van der Waals surface area contributed by atoms with Crippen LogP contribution in [0.4, 0.5) is 5.69 Å². The average molecular weight is 383 g/mol. The van der Waals surface area contributed by atoms with Gasteiger partial charge in [0.25, 0.3) is 5.91 Å². The van der Waals surface area contributed by atoms with Crippen molar-refractivity contribution in [3.8, 4) is 0 Å². The number of carboxylic acids is 1. The number of carbonyl (C=O) groups excluding carboxylic acids is 2. The Balaban J connectivity index is 1.73. The Morgan fingerprint density at radius 3 is 2.39 bits per heavy atom. The maximum absolute atomic E-state index is 12.9. The lowest BCUT2D eigenvalue weighted by molar-refractivity contribution is -0.193. The Hall–Kier alpha value is -3.23. The molecule has 2 aromatic carbocycles. The predicted molar refractivity (Wildman–Crippen MR) is 95.6 cm³/mol. The monoisotopic (exact) mass is 383 g/mol. The van der Waals surface area contributed by atoms with Crippen LogP contribution in [-0.4, -0.2) is 48.8 Å². The van der Waals surface area contributed by atoms with Crippen molar-refractivity contribution in [2.45, 2.75) is 18.0 Å². The molecule has 2 fully saturated rings. The minimum atomic E-state index is -1.41. The first-order valence-electron chi connectivity index (χ1n) is 8.59. The second-order valence-electron chi connectivity index (χ2n) is 6.50. The Morgan fingerprint density at radius 1 is 1.11 bits per heavy atom. The molecule has 0 aromatic heterocycles. The normalized spacial score (nSPS) is 26.2. The van der Waals surface area contributed by atoms with E-state index in [-0.39, 0.29) is 6.54 Å². The molecule has 1 amide bonds. The Labute approximate surface area is 160 Å². The quantitative estimate of drug-likeness (QED) is 0.799. The van der Waals surface area contributed by atoms with E-state index in [1.165, 1.54) is 24.1 Å². The molecule has 2 aromatic rings. The number of benzene rings is 2. The lowest BCUT2D eigenvalue weighted by Gasteiger charge is -2.38. The largest absolute Gasteiger partial charge is 0.479 e. The minimum absolute atomic E-state index is 0.0201. The van der Waals surface area contributed by atoms with E-state index in [4.69, 9.17) is 9.47 Å². The van der Waals surface area contributed by atoms with E-state index in [1.54, 1.807) is 36.4 Å². The number of ether oxygens (including phenoxy) is 3. The number of carbonyl (C=O) groups is 3. The standard InChI is InChI=1S/C20H17NO7/c1-26-19(25)12-7-9-14(10-8-12)21-11-20(13-5-3-2-4-6-13)27-15(17(21)22)16(28-20)18(23)24/h2-10,15-16H,11H2,1H3,(H,23,24). The number of hydrogen-bond donors (Lipinski definition) is 1. The maximum Gasteiger partial charge on any atom is 0.337 e. The lowest BCUT2D eigenvalue weighted by Crippen LogP contribution is -2.54. The number of aliphatic carboxylic acids is 1. The summed E-state index contributed by atoms with van der Waals surface area (Å²) >= 11 is 0. The minimum Gasteiger partial charge on any atom is -0.479 e. The summed E-state index contributed by atoms with van der Waals surface area (Å²) in [6, 6.07) is 15.2. The van der Waals surface area contributed by atoms with Gasteiger partial charge in [0.2, 0.25) is 5.79 Å². The van der Waals surface area contributed by atoms with Gasteiger partial charge in [0.1, 0.15) is 0 Å². The van der Waals surface area contributed by atoms with Gasteiger partial charge in [-0.05, 0) is 24.3 Å². The average Bonchev–Trinajstić information content (AvgIpc) is 3.08. The van der Waals surface area contributed by atoms with Crippen molar-refractivity contribution < 1.29 is 33.7 Å². The number of rotatable bonds is 4. The van der Waals surface area contributed by atoms with Crippen molar-refractivity contribution in [3.05, 3.63) is 65.7 Å². The summed E-state index contributed by atoms with van der Waals surface area (Å²) < 4.78 is 16.3. The molecule has 28 heavy (non-hydrogen) atoms. The van der Waals surface area contributed by atoms with E-state index in [2.05, 4.69) is 4.74 Å². The molecule has 2 bridgehead atoms. The predicted octanol–water partition coefficient (Wildman–Crippen LogP) is 1.54. The molecule has 3 unspecified atom stereocenters. The summed E-state index contributed by atoms with van der Waals surface area (Å²) in [6.07, 6.45) is -2.68. The van der Waals surface area contributed by atoms with Gasteiger partial charge in [-0.2, -0.15) is 0 Å². The van der Waals surface area contributed by atoms with Crippen LogP contribution < -0.4 is 4.90 Å². The van der Waals surface area contributed by atoms with Crippen LogP contribution in [0.1, 0.15) is 15.9 Å². The van der Waals surface area contributed by atoms with Gasteiger partial charge in [-0.15, -0.1) is 0 Å². The third-order valence-electron chi connectivity index (χ3n) is 4.84. The van der Waals surface area contributed by atoms with Gasteiger partial charge in [0.05, 0.1) is 19.2 Å².